The molecule has 0 fully saturated rings. The molecule has 262 valence electrons. The van der Waals surface area contributed by atoms with Crippen LogP contribution in [0.25, 0.3) is 0 Å². The van der Waals surface area contributed by atoms with Gasteiger partial charge in [-0.25, -0.2) is 4.79 Å². The molecule has 0 radical (unpaired) electrons. The first-order valence-electron chi connectivity index (χ1n) is 15.3. The highest BCUT2D eigenvalue weighted by Crippen LogP contribution is 2.27. The van der Waals surface area contributed by atoms with Crippen LogP contribution in [0.15, 0.2) is 56.1 Å². The van der Waals surface area contributed by atoms with Gasteiger partial charge in [0.25, 0.3) is 5.91 Å². The van der Waals surface area contributed by atoms with Gasteiger partial charge in [-0.3, -0.25) is 9.69 Å². The second-order valence-corrected chi connectivity index (χ2v) is 12.6. The zero-order valence-electron chi connectivity index (χ0n) is 26.9. The fourth-order valence-corrected chi connectivity index (χ4v) is 5.24. The maximum atomic E-state index is 13.1. The first kappa shape index (κ1) is 35.5. The second-order valence-electron chi connectivity index (χ2n) is 12.2. The maximum Gasteiger partial charge on any atom is 0.519 e. The Kier molecular flexibility index (Phi) is 11.0. The fraction of sp³-hybridized carbons (Fsp3) is 0.406. The zero-order chi connectivity index (χ0) is 35.2. The number of halogens is 4. The van der Waals surface area contributed by atoms with Crippen LogP contribution < -0.4 is 31.2 Å². The highest BCUT2D eigenvalue weighted by Gasteiger charge is 2.29. The Morgan fingerprint density at radius 3 is 2.47 bits per heavy atom. The number of carbonyl (C=O) groups is 1. The summed E-state index contributed by atoms with van der Waals surface area (Å²) in [7, 11) is 0. The largest absolute Gasteiger partial charge is 0.519 e. The summed E-state index contributed by atoms with van der Waals surface area (Å²) in [6.07, 6.45) is -4.00. The minimum atomic E-state index is -4.60. The molecule has 17 heteroatoms. The molecule has 1 amide bonds. The van der Waals surface area contributed by atoms with Gasteiger partial charge in [0, 0.05) is 37.4 Å². The molecule has 4 aliphatic heterocycles. The highest BCUT2D eigenvalue weighted by molar-refractivity contribution is 6.32. The van der Waals surface area contributed by atoms with E-state index in [0.717, 1.165) is 5.56 Å². The first-order valence-corrected chi connectivity index (χ1v) is 15.7. The van der Waals surface area contributed by atoms with Crippen molar-refractivity contribution in [3.8, 4) is 11.8 Å². The molecule has 6 heterocycles. The van der Waals surface area contributed by atoms with E-state index in [0.29, 0.717) is 72.8 Å². The summed E-state index contributed by atoms with van der Waals surface area (Å²) in [5, 5.41) is 9.20. The van der Waals surface area contributed by atoms with E-state index in [9.17, 15) is 22.8 Å². The molecule has 8 rings (SSSR count). The molecule has 0 saturated heterocycles. The quantitative estimate of drug-likeness (QED) is 0.238. The second kappa shape index (κ2) is 15.2. The number of benzene rings is 2. The van der Waals surface area contributed by atoms with Crippen molar-refractivity contribution in [2.75, 3.05) is 43.5 Å². The lowest BCUT2D eigenvalue weighted by Gasteiger charge is -2.32. The van der Waals surface area contributed by atoms with Crippen LogP contribution in [-0.2, 0) is 13.1 Å². The molecule has 0 aliphatic carbocycles. The molecule has 2 aromatic carbocycles. The minimum absolute atomic E-state index is 0.0476. The van der Waals surface area contributed by atoms with Crippen molar-refractivity contribution in [3.05, 3.63) is 80.8 Å². The van der Waals surface area contributed by atoms with Crippen molar-refractivity contribution in [1.82, 2.24) is 25.2 Å². The minimum Gasteiger partial charge on any atom is -0.492 e. The van der Waals surface area contributed by atoms with Crippen LogP contribution in [0.2, 0.25) is 5.02 Å². The molecule has 13 nitrogen and oxygen atoms in total. The average molecular weight is 706 g/mol. The van der Waals surface area contributed by atoms with Gasteiger partial charge in [-0.2, -0.15) is 28.1 Å². The third kappa shape index (κ3) is 10.6. The van der Waals surface area contributed by atoms with Crippen molar-refractivity contribution in [3.63, 3.8) is 0 Å². The van der Waals surface area contributed by atoms with Crippen molar-refractivity contribution >= 4 is 35.1 Å². The Hall–Kier alpha value is -4.83. The van der Waals surface area contributed by atoms with Crippen LogP contribution in [0, 0.1) is 12.3 Å². The predicted octanol–water partition coefficient (Wildman–Crippen LogP) is 5.72. The lowest BCUT2D eigenvalue weighted by Crippen LogP contribution is -2.42. The molecule has 6 bridgehead atoms. The number of nitrogens with one attached hydrogen (secondary N) is 3. The van der Waals surface area contributed by atoms with Crippen LogP contribution in [0.4, 0.5) is 30.8 Å². The number of ether oxygens (including phenoxy) is 2. The smallest absolute Gasteiger partial charge is 0.492 e. The molecule has 4 aliphatic rings. The molecule has 4 aromatic rings. The Bertz CT molecular complexity index is 1810. The normalized spacial score (nSPS) is 16.2. The Morgan fingerprint density at radius 1 is 1.02 bits per heavy atom. The van der Waals surface area contributed by atoms with E-state index in [1.165, 1.54) is 0 Å². The maximum absolute atomic E-state index is 13.1. The van der Waals surface area contributed by atoms with E-state index in [1.807, 2.05) is 13.8 Å². The fourth-order valence-electron chi connectivity index (χ4n) is 4.98. The number of rotatable bonds is 4. The summed E-state index contributed by atoms with van der Waals surface area (Å²) in [4.78, 5) is 39.1. The molecular formula is C32H35ClF3N7O6. The molecule has 0 spiro atoms. The van der Waals surface area contributed by atoms with Gasteiger partial charge in [0.05, 0.1) is 18.2 Å². The van der Waals surface area contributed by atoms with Crippen molar-refractivity contribution < 1.29 is 36.3 Å². The predicted molar refractivity (Wildman–Crippen MR) is 173 cm³/mol. The molecule has 3 N–H and O–H groups in total. The standard InChI is InChI=1S/C32H35ClF3N7O6/c1-19-25(49-30(45)48-19)15-43-11-4-12-46-24-10-5-20(13-23(24)33)14-37-27-40-28(42-29(41-27)47-18-32(34,35)36)39-22-8-6-21(7-9-22)26(44)38-16-31(2,3)17-43/h5-10,13H,4,11-12,14-18H2,1-3H3,(H,38,44)(H2,37,39,40,41,42). The summed E-state index contributed by atoms with van der Waals surface area (Å²) in [6.45, 7) is 6.36. The number of hydrogen-bond donors (Lipinski definition) is 3. The number of anilines is 3. The monoisotopic (exact) mass is 705 g/mol. The number of aromatic nitrogens is 3. The SMILES string of the molecule is Cc1oc(=O)oc1CN1CCCOc2ccc(cc2Cl)CNc2nc(nc(OCC(F)(F)F)n2)Nc2ccc(cc2)C(=O)NCC(C)(C)C1. The number of hydrogen-bond acceptors (Lipinski definition) is 12. The van der Waals surface area contributed by atoms with Gasteiger partial charge in [-0.05, 0) is 60.7 Å². The van der Waals surface area contributed by atoms with Crippen LogP contribution in [0.5, 0.6) is 11.8 Å². The number of nitrogens with zero attached hydrogens (tertiary/aromatic N) is 4. The van der Waals surface area contributed by atoms with E-state index in [4.69, 9.17) is 29.9 Å². The van der Waals surface area contributed by atoms with Gasteiger partial charge in [0.1, 0.15) is 11.5 Å². The number of aryl methyl sites for hydroxylation is 1. The van der Waals surface area contributed by atoms with Crippen LogP contribution in [0.3, 0.4) is 0 Å². The average Bonchev–Trinajstić information content (AvgIpc) is 3.35. The van der Waals surface area contributed by atoms with Crippen LogP contribution in [0.1, 0.15) is 47.7 Å². The Balaban J connectivity index is 1.39. The number of amides is 1. The summed E-state index contributed by atoms with van der Waals surface area (Å²) < 4.78 is 59.7. The summed E-state index contributed by atoms with van der Waals surface area (Å²) in [5.41, 5.74) is 1.17. The van der Waals surface area contributed by atoms with Gasteiger partial charge in [-0.15, -0.1) is 0 Å². The van der Waals surface area contributed by atoms with Gasteiger partial charge in [0.15, 0.2) is 12.4 Å². The molecule has 49 heavy (non-hydrogen) atoms. The summed E-state index contributed by atoms with van der Waals surface area (Å²) in [5.74, 6) is 0.0965. The van der Waals surface area contributed by atoms with Crippen molar-refractivity contribution in [2.45, 2.75) is 46.5 Å². The molecule has 0 saturated carbocycles. The highest BCUT2D eigenvalue weighted by atomic mass is 35.5. The van der Waals surface area contributed by atoms with Crippen LogP contribution >= 0.6 is 11.6 Å². The molecule has 0 unspecified atom stereocenters. The lowest BCUT2D eigenvalue weighted by molar-refractivity contribution is -0.154. The van der Waals surface area contributed by atoms with Gasteiger partial charge in [-0.1, -0.05) is 31.5 Å². The van der Waals surface area contributed by atoms with E-state index in [1.54, 1.807) is 49.4 Å². The van der Waals surface area contributed by atoms with Gasteiger partial charge in [0.2, 0.25) is 11.9 Å². The molecular weight excluding hydrogens is 671 g/mol. The molecule has 2 aromatic heterocycles. The first-order chi connectivity index (χ1) is 23.2. The van der Waals surface area contributed by atoms with E-state index in [-0.39, 0.29) is 24.3 Å². The van der Waals surface area contributed by atoms with E-state index < -0.39 is 30.0 Å². The topological polar surface area (TPSA) is 157 Å². The third-order valence-electron chi connectivity index (χ3n) is 7.29. The van der Waals surface area contributed by atoms with Crippen molar-refractivity contribution in [2.24, 2.45) is 5.41 Å². The Morgan fingerprint density at radius 2 is 1.78 bits per heavy atom. The number of carbonyl (C=O) groups excluding carboxylic acids is 1. The molecule has 0 atom stereocenters. The van der Waals surface area contributed by atoms with E-state index >= 15 is 0 Å². The lowest BCUT2D eigenvalue weighted by atomic mass is 9.92. The zero-order valence-corrected chi connectivity index (χ0v) is 27.7. The van der Waals surface area contributed by atoms with Crippen molar-refractivity contribution in [1.29, 1.82) is 0 Å². The van der Waals surface area contributed by atoms with Gasteiger partial charge < -0.3 is 34.3 Å². The summed E-state index contributed by atoms with van der Waals surface area (Å²) >= 11 is 6.51. The Labute approximate surface area is 284 Å². The number of alkyl halides is 3. The third-order valence-corrected chi connectivity index (χ3v) is 7.58. The van der Waals surface area contributed by atoms with Gasteiger partial charge >= 0.3 is 18.0 Å². The van der Waals surface area contributed by atoms with E-state index in [2.05, 4.69) is 35.8 Å². The van der Waals surface area contributed by atoms with Crippen LogP contribution in [-0.4, -0.2) is 64.8 Å². The summed E-state index contributed by atoms with van der Waals surface area (Å²) in [6, 6.07) is 11.1.